The smallest absolute Gasteiger partial charge is 0.269 e. The van der Waals surface area contributed by atoms with E-state index >= 15 is 0 Å². The molecule has 0 saturated heterocycles. The minimum absolute atomic E-state index is 0.0263. The average molecular weight is 409 g/mol. The van der Waals surface area contributed by atoms with Gasteiger partial charge in [0.1, 0.15) is 12.4 Å². The maximum atomic E-state index is 10.6. The first-order chi connectivity index (χ1) is 12.5. The number of nitro benzene ring substituents is 1. The number of nitrogens with zero attached hydrogens (tertiary/aromatic N) is 4. The molecular weight excluding hydrogens is 399 g/mol. The Morgan fingerprint density at radius 3 is 2.65 bits per heavy atom. The summed E-state index contributed by atoms with van der Waals surface area (Å²) in [5, 5.41) is 20.6. The monoisotopic (exact) mass is 408 g/mol. The van der Waals surface area contributed by atoms with Gasteiger partial charge in [-0.2, -0.15) is 0 Å². The summed E-state index contributed by atoms with van der Waals surface area (Å²) in [5.74, 6) is 0.502. The first-order valence-electron chi connectivity index (χ1n) is 7.20. The maximum Gasteiger partial charge on any atom is 0.269 e. The standard InChI is InChI=1S/C16H10Cl2N4O3S/c17-11-3-6-14(13(18)7-11)25-9-15-20-21-16(26-15)19-8-10-1-4-12(5-2-10)22(23)24/h1-8H,9H2. The number of ether oxygens (including phenoxy) is 1. The van der Waals surface area contributed by atoms with Crippen molar-refractivity contribution in [1.29, 1.82) is 0 Å². The summed E-state index contributed by atoms with van der Waals surface area (Å²) < 4.78 is 5.59. The highest BCUT2D eigenvalue weighted by molar-refractivity contribution is 7.14. The van der Waals surface area contributed by atoms with E-state index < -0.39 is 4.92 Å². The van der Waals surface area contributed by atoms with Gasteiger partial charge in [0.2, 0.25) is 5.13 Å². The predicted molar refractivity (Wildman–Crippen MR) is 101 cm³/mol. The molecule has 0 aliphatic carbocycles. The molecule has 26 heavy (non-hydrogen) atoms. The lowest BCUT2D eigenvalue weighted by molar-refractivity contribution is -0.384. The summed E-state index contributed by atoms with van der Waals surface area (Å²) >= 11 is 13.1. The molecule has 1 heterocycles. The fraction of sp³-hybridized carbons (Fsp3) is 0.0625. The maximum absolute atomic E-state index is 10.6. The lowest BCUT2D eigenvalue weighted by atomic mass is 10.2. The van der Waals surface area contributed by atoms with Crippen molar-refractivity contribution in [2.24, 2.45) is 4.99 Å². The van der Waals surface area contributed by atoms with Gasteiger partial charge in [0, 0.05) is 23.4 Å². The van der Waals surface area contributed by atoms with Crippen molar-refractivity contribution in [2.45, 2.75) is 6.61 Å². The van der Waals surface area contributed by atoms with E-state index in [0.29, 0.717) is 25.9 Å². The van der Waals surface area contributed by atoms with E-state index in [1.807, 2.05) is 0 Å². The Morgan fingerprint density at radius 1 is 1.19 bits per heavy atom. The molecule has 0 N–H and O–H groups in total. The van der Waals surface area contributed by atoms with Crippen LogP contribution >= 0.6 is 34.5 Å². The highest BCUT2D eigenvalue weighted by Gasteiger charge is 2.07. The predicted octanol–water partition coefficient (Wildman–Crippen LogP) is 5.08. The summed E-state index contributed by atoms with van der Waals surface area (Å²) in [4.78, 5) is 14.4. The Balaban J connectivity index is 1.61. The Kier molecular flexibility index (Phi) is 5.77. The van der Waals surface area contributed by atoms with Crippen molar-refractivity contribution in [3.63, 3.8) is 0 Å². The molecule has 0 saturated carbocycles. The third-order valence-corrected chi connectivity index (χ3v) is 4.46. The summed E-state index contributed by atoms with van der Waals surface area (Å²) in [6, 6.07) is 11.0. The van der Waals surface area contributed by atoms with Crippen LogP contribution in [0.1, 0.15) is 10.6 Å². The molecule has 3 aromatic rings. The summed E-state index contributed by atoms with van der Waals surface area (Å²) in [7, 11) is 0. The van der Waals surface area contributed by atoms with Crippen molar-refractivity contribution in [3.8, 4) is 5.75 Å². The molecule has 0 unspecified atom stereocenters. The van der Waals surface area contributed by atoms with Crippen LogP contribution < -0.4 is 4.74 Å². The SMILES string of the molecule is O=[N+]([O-])c1ccc(C=Nc2nnc(COc3ccc(Cl)cc3Cl)s2)cc1. The van der Waals surface area contributed by atoms with E-state index in [0.717, 1.165) is 5.56 Å². The molecule has 1 aromatic heterocycles. The Bertz CT molecular complexity index is 960. The van der Waals surface area contributed by atoms with Gasteiger partial charge in [0.25, 0.3) is 5.69 Å². The normalized spacial score (nSPS) is 11.0. The van der Waals surface area contributed by atoms with Crippen LogP contribution in [0.2, 0.25) is 10.0 Å². The van der Waals surface area contributed by atoms with E-state index in [2.05, 4.69) is 15.2 Å². The summed E-state index contributed by atoms with van der Waals surface area (Å²) in [5.41, 5.74) is 0.745. The Labute approximate surface area is 162 Å². The second-order valence-electron chi connectivity index (χ2n) is 4.95. The van der Waals surface area contributed by atoms with Gasteiger partial charge >= 0.3 is 0 Å². The zero-order valence-corrected chi connectivity index (χ0v) is 15.3. The molecule has 0 radical (unpaired) electrons. The Hall–Kier alpha value is -2.55. The van der Waals surface area contributed by atoms with Gasteiger partial charge in [-0.1, -0.05) is 34.5 Å². The highest BCUT2D eigenvalue weighted by Crippen LogP contribution is 2.29. The van der Waals surface area contributed by atoms with Crippen molar-refractivity contribution in [3.05, 3.63) is 73.2 Å². The molecule has 132 valence electrons. The van der Waals surface area contributed by atoms with Gasteiger partial charge in [-0.25, -0.2) is 4.99 Å². The van der Waals surface area contributed by atoms with Gasteiger partial charge < -0.3 is 4.74 Å². The van der Waals surface area contributed by atoms with E-state index in [9.17, 15) is 10.1 Å². The van der Waals surface area contributed by atoms with E-state index in [4.69, 9.17) is 27.9 Å². The van der Waals surface area contributed by atoms with Crippen LogP contribution in [0.25, 0.3) is 0 Å². The molecule has 0 amide bonds. The number of hydrogen-bond donors (Lipinski definition) is 0. The molecule has 0 fully saturated rings. The second kappa shape index (κ2) is 8.22. The van der Waals surface area contributed by atoms with Crippen LogP contribution in [-0.4, -0.2) is 21.3 Å². The van der Waals surface area contributed by atoms with Crippen LogP contribution in [0.4, 0.5) is 10.8 Å². The number of benzene rings is 2. The van der Waals surface area contributed by atoms with E-state index in [1.54, 1.807) is 36.5 Å². The van der Waals surface area contributed by atoms with E-state index in [1.165, 1.54) is 23.5 Å². The lowest BCUT2D eigenvalue weighted by Gasteiger charge is -2.05. The number of aromatic nitrogens is 2. The van der Waals surface area contributed by atoms with Gasteiger partial charge in [-0.3, -0.25) is 10.1 Å². The largest absolute Gasteiger partial charge is 0.485 e. The van der Waals surface area contributed by atoms with Gasteiger partial charge in [0.15, 0.2) is 5.01 Å². The van der Waals surface area contributed by atoms with Crippen LogP contribution in [-0.2, 0) is 6.61 Å². The number of aliphatic imine (C=N–C) groups is 1. The second-order valence-corrected chi connectivity index (χ2v) is 6.83. The molecular formula is C16H10Cl2N4O3S. The minimum Gasteiger partial charge on any atom is -0.485 e. The minimum atomic E-state index is -0.453. The van der Waals surface area contributed by atoms with Crippen molar-refractivity contribution >= 4 is 51.6 Å². The van der Waals surface area contributed by atoms with Gasteiger partial charge in [0.05, 0.1) is 9.95 Å². The first-order valence-corrected chi connectivity index (χ1v) is 8.77. The zero-order chi connectivity index (χ0) is 18.5. The van der Waals surface area contributed by atoms with Crippen molar-refractivity contribution < 1.29 is 9.66 Å². The van der Waals surface area contributed by atoms with Gasteiger partial charge in [-0.05, 0) is 35.9 Å². The van der Waals surface area contributed by atoms with E-state index in [-0.39, 0.29) is 12.3 Å². The van der Waals surface area contributed by atoms with Crippen molar-refractivity contribution in [2.75, 3.05) is 0 Å². The molecule has 10 heteroatoms. The van der Waals surface area contributed by atoms with Crippen molar-refractivity contribution in [1.82, 2.24) is 10.2 Å². The lowest BCUT2D eigenvalue weighted by Crippen LogP contribution is -1.95. The third kappa shape index (κ3) is 4.75. The molecule has 2 aromatic carbocycles. The summed E-state index contributed by atoms with van der Waals surface area (Å²) in [6.07, 6.45) is 1.56. The number of hydrogen-bond acceptors (Lipinski definition) is 7. The highest BCUT2D eigenvalue weighted by atomic mass is 35.5. The Morgan fingerprint density at radius 2 is 1.96 bits per heavy atom. The van der Waals surface area contributed by atoms with Crippen LogP contribution in [0.15, 0.2) is 47.5 Å². The zero-order valence-electron chi connectivity index (χ0n) is 13.0. The van der Waals surface area contributed by atoms with Gasteiger partial charge in [-0.15, -0.1) is 10.2 Å². The fourth-order valence-corrected chi connectivity index (χ4v) is 2.96. The molecule has 0 aliphatic rings. The topological polar surface area (TPSA) is 90.5 Å². The number of non-ortho nitro benzene ring substituents is 1. The average Bonchev–Trinajstić information content (AvgIpc) is 3.07. The van der Waals surface area contributed by atoms with Crippen LogP contribution in [0.3, 0.4) is 0 Å². The number of nitro groups is 1. The molecule has 3 rings (SSSR count). The molecule has 7 nitrogen and oxygen atoms in total. The quantitative estimate of drug-likeness (QED) is 0.322. The third-order valence-electron chi connectivity index (χ3n) is 3.13. The molecule has 0 bridgehead atoms. The first kappa shape index (κ1) is 18.2. The molecule has 0 atom stereocenters. The fourth-order valence-electron chi connectivity index (χ4n) is 1.90. The summed E-state index contributed by atoms with van der Waals surface area (Å²) in [6.45, 7) is 0.200. The number of rotatable bonds is 6. The number of halogens is 2. The molecule has 0 aliphatic heterocycles. The van der Waals surface area contributed by atoms with Crippen LogP contribution in [0, 0.1) is 10.1 Å². The van der Waals surface area contributed by atoms with Crippen LogP contribution in [0.5, 0.6) is 5.75 Å². The molecule has 0 spiro atoms.